The Morgan fingerprint density at radius 1 is 1.00 bits per heavy atom. The van der Waals surface area contributed by atoms with Crippen LogP contribution in [0.2, 0.25) is 0 Å². The fourth-order valence-electron chi connectivity index (χ4n) is 2.93. The highest BCUT2D eigenvalue weighted by Gasteiger charge is 2.15. The molecule has 1 aromatic heterocycles. The van der Waals surface area contributed by atoms with Gasteiger partial charge in [0, 0.05) is 24.0 Å². The standard InChI is InChI=1S/C25H29FN6O4/c1-16(33)29-18-6-5-7-19(14-18)30-22-21(26)15-28-23(32-22)31-17-8-10-20(11-9-17)35-13-12-27-24(34)36-25(2,3)4/h5-11,14-15H,12-13H2,1-4H3,(H,27,34)(H,29,33)(H2,28,30,31,32). The van der Waals surface area contributed by atoms with Crippen molar-refractivity contribution in [1.29, 1.82) is 0 Å². The van der Waals surface area contributed by atoms with Gasteiger partial charge in [0.05, 0.1) is 12.7 Å². The van der Waals surface area contributed by atoms with Crippen LogP contribution < -0.4 is 26.0 Å². The monoisotopic (exact) mass is 496 g/mol. The van der Waals surface area contributed by atoms with E-state index in [1.54, 1.807) is 69.3 Å². The van der Waals surface area contributed by atoms with Gasteiger partial charge in [0.2, 0.25) is 11.9 Å². The second kappa shape index (κ2) is 11.8. The van der Waals surface area contributed by atoms with Gasteiger partial charge in [0.25, 0.3) is 0 Å². The highest BCUT2D eigenvalue weighted by molar-refractivity contribution is 5.89. The number of anilines is 5. The van der Waals surface area contributed by atoms with Gasteiger partial charge in [-0.3, -0.25) is 4.79 Å². The molecule has 36 heavy (non-hydrogen) atoms. The summed E-state index contributed by atoms with van der Waals surface area (Å²) < 4.78 is 25.1. The van der Waals surface area contributed by atoms with Crippen LogP contribution in [0, 0.1) is 5.82 Å². The van der Waals surface area contributed by atoms with Crippen LogP contribution in [-0.4, -0.2) is 40.7 Å². The zero-order chi connectivity index (χ0) is 26.1. The quantitative estimate of drug-likeness (QED) is 0.306. The van der Waals surface area contributed by atoms with E-state index < -0.39 is 17.5 Å². The third kappa shape index (κ3) is 8.75. The minimum absolute atomic E-state index is 0.0232. The number of aromatic nitrogens is 2. The van der Waals surface area contributed by atoms with Crippen molar-refractivity contribution in [2.24, 2.45) is 0 Å². The van der Waals surface area contributed by atoms with Crippen LogP contribution in [0.15, 0.2) is 54.7 Å². The zero-order valence-corrected chi connectivity index (χ0v) is 20.5. The molecule has 0 aliphatic rings. The average molecular weight is 497 g/mol. The predicted octanol–water partition coefficient (Wildman–Crippen LogP) is 4.96. The normalized spacial score (nSPS) is 10.8. The Balaban J connectivity index is 1.54. The summed E-state index contributed by atoms with van der Waals surface area (Å²) in [7, 11) is 0. The molecular weight excluding hydrogens is 467 g/mol. The van der Waals surface area contributed by atoms with Crippen molar-refractivity contribution in [1.82, 2.24) is 15.3 Å². The van der Waals surface area contributed by atoms with E-state index in [1.165, 1.54) is 6.92 Å². The van der Waals surface area contributed by atoms with Crippen molar-refractivity contribution in [2.75, 3.05) is 29.1 Å². The molecule has 11 heteroatoms. The summed E-state index contributed by atoms with van der Waals surface area (Å²) in [6, 6.07) is 13.8. The number of hydrogen-bond acceptors (Lipinski definition) is 8. The molecule has 1 heterocycles. The Morgan fingerprint density at radius 2 is 1.72 bits per heavy atom. The van der Waals surface area contributed by atoms with Gasteiger partial charge in [0.1, 0.15) is 18.0 Å². The molecule has 3 rings (SSSR count). The number of amides is 2. The molecule has 0 saturated carbocycles. The van der Waals surface area contributed by atoms with Crippen molar-refractivity contribution in [3.8, 4) is 5.75 Å². The van der Waals surface area contributed by atoms with Crippen LogP contribution in [-0.2, 0) is 9.53 Å². The fourth-order valence-corrected chi connectivity index (χ4v) is 2.93. The van der Waals surface area contributed by atoms with Gasteiger partial charge < -0.3 is 30.7 Å². The molecule has 0 spiro atoms. The smallest absolute Gasteiger partial charge is 0.407 e. The zero-order valence-electron chi connectivity index (χ0n) is 20.5. The third-order valence-corrected chi connectivity index (χ3v) is 4.34. The van der Waals surface area contributed by atoms with Crippen LogP contribution in [0.4, 0.5) is 38.0 Å². The van der Waals surface area contributed by atoms with E-state index in [0.717, 1.165) is 6.20 Å². The molecular formula is C25H29FN6O4. The van der Waals surface area contributed by atoms with Gasteiger partial charge in [-0.1, -0.05) is 6.07 Å². The van der Waals surface area contributed by atoms with E-state index in [2.05, 4.69) is 31.2 Å². The lowest BCUT2D eigenvalue weighted by atomic mass is 10.2. The number of carbonyl (C=O) groups is 2. The second-order valence-corrected chi connectivity index (χ2v) is 8.70. The van der Waals surface area contributed by atoms with E-state index in [1.807, 2.05) is 0 Å². The van der Waals surface area contributed by atoms with Crippen molar-refractivity contribution in [2.45, 2.75) is 33.3 Å². The molecule has 0 aliphatic heterocycles. The molecule has 0 aliphatic carbocycles. The molecule has 4 N–H and O–H groups in total. The van der Waals surface area contributed by atoms with Crippen LogP contribution in [0.1, 0.15) is 27.7 Å². The summed E-state index contributed by atoms with van der Waals surface area (Å²) in [6.45, 7) is 7.35. The lowest BCUT2D eigenvalue weighted by Gasteiger charge is -2.19. The number of ether oxygens (including phenoxy) is 2. The molecule has 0 saturated heterocycles. The number of benzene rings is 2. The Kier molecular flexibility index (Phi) is 8.61. The van der Waals surface area contributed by atoms with E-state index in [0.29, 0.717) is 29.4 Å². The molecule has 2 amide bonds. The maximum Gasteiger partial charge on any atom is 0.407 e. The SMILES string of the molecule is CC(=O)Nc1cccc(Nc2nc(Nc3ccc(OCCNC(=O)OC(C)(C)C)cc3)ncc2F)c1. The van der Waals surface area contributed by atoms with Crippen molar-refractivity contribution in [3.63, 3.8) is 0 Å². The highest BCUT2D eigenvalue weighted by atomic mass is 19.1. The number of nitrogens with zero attached hydrogens (tertiary/aromatic N) is 2. The first-order chi connectivity index (χ1) is 17.1. The number of hydrogen-bond donors (Lipinski definition) is 4. The minimum atomic E-state index is -0.630. The van der Waals surface area contributed by atoms with E-state index in [9.17, 15) is 14.0 Å². The largest absolute Gasteiger partial charge is 0.492 e. The van der Waals surface area contributed by atoms with E-state index in [4.69, 9.17) is 9.47 Å². The van der Waals surface area contributed by atoms with Crippen LogP contribution in [0.5, 0.6) is 5.75 Å². The summed E-state index contributed by atoms with van der Waals surface area (Å²) >= 11 is 0. The molecule has 0 unspecified atom stereocenters. The van der Waals surface area contributed by atoms with Crippen LogP contribution >= 0.6 is 0 Å². The van der Waals surface area contributed by atoms with Crippen molar-refractivity contribution in [3.05, 3.63) is 60.5 Å². The lowest BCUT2D eigenvalue weighted by Crippen LogP contribution is -2.34. The molecule has 0 fully saturated rings. The van der Waals surface area contributed by atoms with Crippen LogP contribution in [0.3, 0.4) is 0 Å². The number of halogens is 1. The Labute approximate surface area is 208 Å². The van der Waals surface area contributed by atoms with Gasteiger partial charge in [-0.05, 0) is 63.2 Å². The fraction of sp³-hybridized carbons (Fsp3) is 0.280. The number of carbonyl (C=O) groups excluding carboxylic acids is 2. The minimum Gasteiger partial charge on any atom is -0.492 e. The topological polar surface area (TPSA) is 126 Å². The van der Waals surface area contributed by atoms with Crippen molar-refractivity contribution >= 4 is 40.8 Å². The van der Waals surface area contributed by atoms with Gasteiger partial charge in [-0.15, -0.1) is 0 Å². The van der Waals surface area contributed by atoms with Crippen LogP contribution in [0.25, 0.3) is 0 Å². The van der Waals surface area contributed by atoms with Gasteiger partial charge in [-0.2, -0.15) is 4.98 Å². The second-order valence-electron chi connectivity index (χ2n) is 8.70. The molecule has 3 aromatic rings. The summed E-state index contributed by atoms with van der Waals surface area (Å²) in [4.78, 5) is 31.1. The maximum atomic E-state index is 14.3. The Hall–Kier alpha value is -4.41. The Morgan fingerprint density at radius 3 is 2.42 bits per heavy atom. The number of alkyl carbamates (subject to hydrolysis) is 1. The molecule has 0 radical (unpaired) electrons. The van der Waals surface area contributed by atoms with E-state index in [-0.39, 0.29) is 24.3 Å². The third-order valence-electron chi connectivity index (χ3n) is 4.34. The van der Waals surface area contributed by atoms with Gasteiger partial charge in [0.15, 0.2) is 11.6 Å². The molecule has 0 atom stereocenters. The van der Waals surface area contributed by atoms with Crippen molar-refractivity contribution < 1.29 is 23.5 Å². The lowest BCUT2D eigenvalue weighted by molar-refractivity contribution is -0.114. The summed E-state index contributed by atoms with van der Waals surface area (Å²) in [6.07, 6.45) is 0.559. The van der Waals surface area contributed by atoms with E-state index >= 15 is 0 Å². The molecule has 10 nitrogen and oxygen atoms in total. The number of rotatable bonds is 9. The number of nitrogens with one attached hydrogen (secondary N) is 4. The summed E-state index contributed by atoms with van der Waals surface area (Å²) in [5.74, 6) is -0.0695. The van der Waals surface area contributed by atoms with Gasteiger partial charge >= 0.3 is 6.09 Å². The maximum absolute atomic E-state index is 14.3. The Bertz CT molecular complexity index is 1200. The predicted molar refractivity (Wildman–Crippen MR) is 135 cm³/mol. The summed E-state index contributed by atoms with van der Waals surface area (Å²) in [5, 5.41) is 11.2. The highest BCUT2D eigenvalue weighted by Crippen LogP contribution is 2.23. The summed E-state index contributed by atoms with van der Waals surface area (Å²) in [5.41, 5.74) is 1.23. The average Bonchev–Trinajstić information content (AvgIpc) is 2.79. The first kappa shape index (κ1) is 26.2. The molecule has 190 valence electrons. The molecule has 2 aromatic carbocycles. The molecule has 0 bridgehead atoms. The first-order valence-electron chi connectivity index (χ1n) is 11.2. The van der Waals surface area contributed by atoms with Gasteiger partial charge in [-0.25, -0.2) is 14.2 Å². The first-order valence-corrected chi connectivity index (χ1v) is 11.2.